The Bertz CT molecular complexity index is 418. The number of rotatable bonds is 6. The van der Waals surface area contributed by atoms with Gasteiger partial charge in [0.15, 0.2) is 0 Å². The van der Waals surface area contributed by atoms with Crippen LogP contribution in [-0.2, 0) is 10.5 Å². The van der Waals surface area contributed by atoms with Gasteiger partial charge in [0.2, 0.25) is 5.91 Å². The predicted octanol–water partition coefficient (Wildman–Crippen LogP) is 2.67. The highest BCUT2D eigenvalue weighted by Crippen LogP contribution is 2.30. The van der Waals surface area contributed by atoms with Gasteiger partial charge in [-0.05, 0) is 31.4 Å². The van der Waals surface area contributed by atoms with E-state index in [9.17, 15) is 9.90 Å². The number of aliphatic hydroxyl groups is 1. The molecule has 100 valence electrons. The van der Waals surface area contributed by atoms with E-state index < -0.39 is 5.60 Å². The van der Waals surface area contributed by atoms with Crippen molar-refractivity contribution >= 4 is 40.6 Å². The molecule has 0 spiro atoms. The normalized spacial score (nSPS) is 17.2. The van der Waals surface area contributed by atoms with E-state index in [2.05, 4.69) is 5.32 Å². The third kappa shape index (κ3) is 4.16. The van der Waals surface area contributed by atoms with Crippen LogP contribution in [-0.4, -0.2) is 28.9 Å². The Hall–Kier alpha value is -0.230. The fraction of sp³-hybridized carbons (Fsp3) is 0.583. The van der Waals surface area contributed by atoms with Crippen molar-refractivity contribution in [1.82, 2.24) is 5.32 Å². The van der Waals surface area contributed by atoms with Crippen molar-refractivity contribution in [3.63, 3.8) is 0 Å². The minimum absolute atomic E-state index is 0.0111. The monoisotopic (exact) mass is 305 g/mol. The number of thiophene rings is 1. The standard InChI is InChI=1S/C12H16ClNO2S2/c13-10-3-2-9(18-10)6-17-7-11(15)14-8-12(16)4-1-5-12/h2-3,16H,1,4-8H2,(H,14,15). The summed E-state index contributed by atoms with van der Waals surface area (Å²) >= 11 is 8.93. The Balaban J connectivity index is 1.60. The summed E-state index contributed by atoms with van der Waals surface area (Å²) in [4.78, 5) is 12.7. The predicted molar refractivity (Wildman–Crippen MR) is 77.3 cm³/mol. The SMILES string of the molecule is O=C(CSCc1ccc(Cl)s1)NCC1(O)CCC1. The van der Waals surface area contributed by atoms with Gasteiger partial charge in [0, 0.05) is 17.2 Å². The van der Waals surface area contributed by atoms with Gasteiger partial charge in [-0.1, -0.05) is 11.6 Å². The highest BCUT2D eigenvalue weighted by molar-refractivity contribution is 7.99. The molecule has 0 unspecified atom stereocenters. The van der Waals surface area contributed by atoms with Crippen molar-refractivity contribution in [3.8, 4) is 0 Å². The maximum Gasteiger partial charge on any atom is 0.230 e. The van der Waals surface area contributed by atoms with E-state index in [1.165, 1.54) is 4.88 Å². The van der Waals surface area contributed by atoms with E-state index in [-0.39, 0.29) is 5.91 Å². The zero-order chi connectivity index (χ0) is 13.0. The molecule has 0 radical (unpaired) electrons. The van der Waals surface area contributed by atoms with Crippen LogP contribution >= 0.6 is 34.7 Å². The highest BCUT2D eigenvalue weighted by atomic mass is 35.5. The fourth-order valence-corrected chi connectivity index (χ4v) is 3.81. The molecule has 0 aliphatic heterocycles. The number of halogens is 1. The largest absolute Gasteiger partial charge is 0.388 e. The summed E-state index contributed by atoms with van der Waals surface area (Å²) in [7, 11) is 0. The van der Waals surface area contributed by atoms with Crippen LogP contribution in [0.5, 0.6) is 0 Å². The summed E-state index contributed by atoms with van der Waals surface area (Å²) in [6.07, 6.45) is 2.66. The van der Waals surface area contributed by atoms with Gasteiger partial charge in [0.1, 0.15) is 0 Å². The van der Waals surface area contributed by atoms with Gasteiger partial charge in [-0.25, -0.2) is 0 Å². The molecule has 1 aromatic heterocycles. The highest BCUT2D eigenvalue weighted by Gasteiger charge is 2.34. The van der Waals surface area contributed by atoms with E-state index in [1.807, 2.05) is 12.1 Å². The second-order valence-electron chi connectivity index (χ2n) is 4.55. The first kappa shape index (κ1) is 14.2. The van der Waals surface area contributed by atoms with Crippen LogP contribution in [0.4, 0.5) is 0 Å². The van der Waals surface area contributed by atoms with Crippen LogP contribution in [0.3, 0.4) is 0 Å². The lowest BCUT2D eigenvalue weighted by molar-refractivity contribution is -0.121. The number of thioether (sulfide) groups is 1. The minimum Gasteiger partial charge on any atom is -0.388 e. The van der Waals surface area contributed by atoms with E-state index in [4.69, 9.17) is 11.6 Å². The van der Waals surface area contributed by atoms with Crippen LogP contribution in [0.25, 0.3) is 0 Å². The first-order chi connectivity index (χ1) is 8.57. The Kier molecular flexibility index (Phi) is 4.95. The van der Waals surface area contributed by atoms with Crippen molar-refractivity contribution in [1.29, 1.82) is 0 Å². The number of carbonyl (C=O) groups excluding carboxylic acids is 1. The Morgan fingerprint density at radius 1 is 1.56 bits per heavy atom. The summed E-state index contributed by atoms with van der Waals surface area (Å²) in [5.74, 6) is 1.21. The van der Waals surface area contributed by atoms with Crippen molar-refractivity contribution in [2.24, 2.45) is 0 Å². The quantitative estimate of drug-likeness (QED) is 0.849. The van der Waals surface area contributed by atoms with Crippen LogP contribution in [0.1, 0.15) is 24.1 Å². The number of carbonyl (C=O) groups is 1. The number of hydrogen-bond donors (Lipinski definition) is 2. The molecule has 3 nitrogen and oxygen atoms in total. The van der Waals surface area contributed by atoms with Crippen LogP contribution in [0, 0.1) is 0 Å². The molecule has 0 saturated heterocycles. The molecule has 1 heterocycles. The van der Waals surface area contributed by atoms with Crippen molar-refractivity contribution in [2.45, 2.75) is 30.6 Å². The maximum atomic E-state index is 11.6. The molecule has 18 heavy (non-hydrogen) atoms. The molecule has 1 aliphatic rings. The maximum absolute atomic E-state index is 11.6. The molecule has 1 amide bonds. The van der Waals surface area contributed by atoms with Gasteiger partial charge in [-0.3, -0.25) is 4.79 Å². The number of nitrogens with one attached hydrogen (secondary N) is 1. The second-order valence-corrected chi connectivity index (χ2v) is 7.34. The fourth-order valence-electron chi connectivity index (χ4n) is 1.75. The second kappa shape index (κ2) is 6.28. The molecule has 0 bridgehead atoms. The lowest BCUT2D eigenvalue weighted by Crippen LogP contribution is -2.48. The molecular weight excluding hydrogens is 290 g/mol. The summed E-state index contributed by atoms with van der Waals surface area (Å²) in [6, 6.07) is 3.85. The van der Waals surface area contributed by atoms with Gasteiger partial charge in [-0.2, -0.15) is 0 Å². The zero-order valence-corrected chi connectivity index (χ0v) is 12.3. The molecule has 1 aliphatic carbocycles. The summed E-state index contributed by atoms with van der Waals surface area (Å²) in [5, 5.41) is 12.6. The third-order valence-corrected chi connectivity index (χ3v) is 5.40. The molecule has 2 rings (SSSR count). The number of amides is 1. The van der Waals surface area contributed by atoms with Crippen LogP contribution < -0.4 is 5.32 Å². The van der Waals surface area contributed by atoms with Crippen LogP contribution in [0.2, 0.25) is 4.34 Å². The molecule has 0 atom stereocenters. The van der Waals surface area contributed by atoms with E-state index in [1.54, 1.807) is 23.1 Å². The lowest BCUT2D eigenvalue weighted by Gasteiger charge is -2.36. The molecule has 6 heteroatoms. The Morgan fingerprint density at radius 2 is 2.33 bits per heavy atom. The topological polar surface area (TPSA) is 49.3 Å². The first-order valence-corrected chi connectivity index (χ1v) is 8.23. The van der Waals surface area contributed by atoms with Crippen LogP contribution in [0.15, 0.2) is 12.1 Å². The van der Waals surface area contributed by atoms with Crippen molar-refractivity contribution in [3.05, 3.63) is 21.3 Å². The van der Waals surface area contributed by atoms with Gasteiger partial charge in [0.05, 0.1) is 15.7 Å². The molecule has 1 aromatic rings. The van der Waals surface area contributed by atoms with Crippen molar-refractivity contribution < 1.29 is 9.90 Å². The van der Waals surface area contributed by atoms with E-state index >= 15 is 0 Å². The average Bonchev–Trinajstić information content (AvgIpc) is 2.70. The summed E-state index contributed by atoms with van der Waals surface area (Å²) < 4.78 is 0.780. The van der Waals surface area contributed by atoms with Gasteiger partial charge in [-0.15, -0.1) is 23.1 Å². The van der Waals surface area contributed by atoms with Crippen molar-refractivity contribution in [2.75, 3.05) is 12.3 Å². The van der Waals surface area contributed by atoms with E-state index in [0.717, 1.165) is 29.4 Å². The summed E-state index contributed by atoms with van der Waals surface area (Å²) in [6.45, 7) is 0.386. The summed E-state index contributed by atoms with van der Waals surface area (Å²) in [5.41, 5.74) is -0.637. The Morgan fingerprint density at radius 3 is 2.89 bits per heavy atom. The molecule has 0 aromatic carbocycles. The van der Waals surface area contributed by atoms with Gasteiger partial charge in [0.25, 0.3) is 0 Å². The van der Waals surface area contributed by atoms with E-state index in [0.29, 0.717) is 12.3 Å². The molecule has 2 N–H and O–H groups in total. The van der Waals surface area contributed by atoms with Gasteiger partial charge < -0.3 is 10.4 Å². The smallest absolute Gasteiger partial charge is 0.230 e. The molecular formula is C12H16ClNO2S2. The molecule has 1 saturated carbocycles. The first-order valence-electron chi connectivity index (χ1n) is 5.88. The zero-order valence-electron chi connectivity index (χ0n) is 9.95. The third-order valence-electron chi connectivity index (χ3n) is 3.01. The minimum atomic E-state index is -0.637. The Labute approximate surface area is 120 Å². The lowest BCUT2D eigenvalue weighted by atomic mass is 9.80. The molecule has 1 fully saturated rings. The number of hydrogen-bond acceptors (Lipinski definition) is 4. The average molecular weight is 306 g/mol. The van der Waals surface area contributed by atoms with Gasteiger partial charge >= 0.3 is 0 Å².